The van der Waals surface area contributed by atoms with Crippen molar-refractivity contribution in [3.63, 3.8) is 0 Å². The molecule has 1 saturated carbocycles. The van der Waals surface area contributed by atoms with E-state index in [0.717, 1.165) is 11.6 Å². The van der Waals surface area contributed by atoms with Gasteiger partial charge in [-0.3, -0.25) is 4.79 Å². The van der Waals surface area contributed by atoms with Gasteiger partial charge in [0.1, 0.15) is 18.0 Å². The Morgan fingerprint density at radius 1 is 1.61 bits per heavy atom. The Kier molecular flexibility index (Phi) is 3.64. The maximum atomic E-state index is 10.8. The second-order valence-electron chi connectivity index (χ2n) is 4.80. The van der Waals surface area contributed by atoms with E-state index in [1.54, 1.807) is 6.92 Å². The van der Waals surface area contributed by atoms with Crippen LogP contribution in [0.1, 0.15) is 19.8 Å². The Morgan fingerprint density at radius 2 is 2.33 bits per heavy atom. The summed E-state index contributed by atoms with van der Waals surface area (Å²) in [5.74, 6) is 0.315. The van der Waals surface area contributed by atoms with Crippen LogP contribution in [0.2, 0.25) is 0 Å². The number of aromatic nitrogens is 2. The van der Waals surface area contributed by atoms with E-state index in [0.29, 0.717) is 12.6 Å². The molecule has 1 heterocycles. The topological polar surface area (TPSA) is 78.3 Å². The van der Waals surface area contributed by atoms with Gasteiger partial charge in [-0.25, -0.2) is 9.97 Å². The lowest BCUT2D eigenvalue weighted by Crippen LogP contribution is -2.29. The molecule has 2 rings (SSSR count). The van der Waals surface area contributed by atoms with Crippen LogP contribution in [0.3, 0.4) is 0 Å². The molecule has 1 aliphatic carbocycles. The maximum absolute atomic E-state index is 10.8. The van der Waals surface area contributed by atoms with Crippen LogP contribution in [-0.4, -0.2) is 40.7 Å². The summed E-state index contributed by atoms with van der Waals surface area (Å²) < 4.78 is 0. The second-order valence-corrected chi connectivity index (χ2v) is 4.80. The van der Waals surface area contributed by atoms with Gasteiger partial charge in [0.15, 0.2) is 0 Å². The molecule has 6 nitrogen and oxygen atoms in total. The lowest BCUT2D eigenvalue weighted by atomic mass is 10.2. The number of carboxylic acid groups (broad SMARTS) is 1. The first-order valence-electron chi connectivity index (χ1n) is 6.09. The molecule has 1 atom stereocenters. The van der Waals surface area contributed by atoms with Crippen LogP contribution in [0.25, 0.3) is 0 Å². The Balaban J connectivity index is 1.99. The molecular formula is C12H18N4O2. The number of nitrogens with one attached hydrogen (secondary N) is 1. The number of hydrogen-bond acceptors (Lipinski definition) is 5. The molecular weight excluding hydrogens is 232 g/mol. The molecule has 0 spiro atoms. The average Bonchev–Trinajstić information content (AvgIpc) is 3.13. The second kappa shape index (κ2) is 5.20. The molecule has 98 valence electrons. The van der Waals surface area contributed by atoms with Gasteiger partial charge in [0.25, 0.3) is 0 Å². The quantitative estimate of drug-likeness (QED) is 0.790. The fourth-order valence-corrected chi connectivity index (χ4v) is 1.65. The van der Waals surface area contributed by atoms with Crippen molar-refractivity contribution >= 4 is 17.6 Å². The van der Waals surface area contributed by atoms with Crippen molar-refractivity contribution in [2.24, 2.45) is 5.92 Å². The van der Waals surface area contributed by atoms with Crippen molar-refractivity contribution in [2.45, 2.75) is 25.8 Å². The minimum Gasteiger partial charge on any atom is -0.481 e. The summed E-state index contributed by atoms with van der Waals surface area (Å²) in [6.07, 6.45) is 3.87. The fraction of sp³-hybridized carbons (Fsp3) is 0.583. The van der Waals surface area contributed by atoms with Crippen molar-refractivity contribution in [3.8, 4) is 0 Å². The molecule has 1 aromatic heterocycles. The molecule has 0 saturated heterocycles. The number of rotatable bonds is 6. The highest BCUT2D eigenvalue weighted by molar-refractivity contribution is 5.70. The summed E-state index contributed by atoms with van der Waals surface area (Å²) in [6, 6.07) is 2.39. The fourth-order valence-electron chi connectivity index (χ4n) is 1.65. The van der Waals surface area contributed by atoms with Crippen LogP contribution in [0.15, 0.2) is 12.4 Å². The van der Waals surface area contributed by atoms with Crippen molar-refractivity contribution in [2.75, 3.05) is 23.8 Å². The van der Waals surface area contributed by atoms with Crippen LogP contribution >= 0.6 is 0 Å². The smallest absolute Gasteiger partial charge is 0.308 e. The molecule has 0 aliphatic heterocycles. The molecule has 1 fully saturated rings. The van der Waals surface area contributed by atoms with Crippen LogP contribution in [0.4, 0.5) is 11.6 Å². The summed E-state index contributed by atoms with van der Waals surface area (Å²) in [4.78, 5) is 21.0. The summed E-state index contributed by atoms with van der Waals surface area (Å²) in [7, 11) is 1.84. The first-order valence-corrected chi connectivity index (χ1v) is 6.09. The molecule has 0 amide bonds. The Hall–Kier alpha value is -1.85. The first kappa shape index (κ1) is 12.6. The number of aliphatic carboxylic acids is 1. The van der Waals surface area contributed by atoms with Crippen molar-refractivity contribution < 1.29 is 9.90 Å². The summed E-state index contributed by atoms with van der Waals surface area (Å²) in [5, 5.41) is 12.2. The molecule has 6 heteroatoms. The van der Waals surface area contributed by atoms with Gasteiger partial charge in [-0.2, -0.15) is 0 Å². The maximum Gasteiger partial charge on any atom is 0.308 e. The van der Waals surface area contributed by atoms with Crippen LogP contribution < -0.4 is 10.2 Å². The van der Waals surface area contributed by atoms with Gasteiger partial charge < -0.3 is 15.3 Å². The number of carboxylic acids is 1. The molecule has 1 unspecified atom stereocenters. The minimum atomic E-state index is -0.799. The largest absolute Gasteiger partial charge is 0.481 e. The zero-order chi connectivity index (χ0) is 13.1. The molecule has 2 N–H and O–H groups in total. The third-order valence-corrected chi connectivity index (χ3v) is 2.94. The summed E-state index contributed by atoms with van der Waals surface area (Å²) in [6.45, 7) is 2.11. The molecule has 18 heavy (non-hydrogen) atoms. The van der Waals surface area contributed by atoms with Crippen LogP contribution in [0.5, 0.6) is 0 Å². The van der Waals surface area contributed by atoms with Crippen molar-refractivity contribution in [3.05, 3.63) is 12.4 Å². The Bertz CT molecular complexity index is 434. The van der Waals surface area contributed by atoms with Crippen LogP contribution in [0, 0.1) is 5.92 Å². The lowest BCUT2D eigenvalue weighted by molar-refractivity contribution is -0.140. The van der Waals surface area contributed by atoms with E-state index in [1.807, 2.05) is 18.0 Å². The zero-order valence-corrected chi connectivity index (χ0v) is 10.6. The standard InChI is InChI=1S/C12H18N4O2/c1-8(12(17)18)6-16(2)11-5-10(13-7-14-11)15-9-3-4-9/h5,7-9H,3-4,6H2,1-2H3,(H,17,18)(H,13,14,15). The third kappa shape index (κ3) is 3.32. The van der Waals surface area contributed by atoms with Crippen molar-refractivity contribution in [1.82, 2.24) is 9.97 Å². The molecule has 1 aliphatic rings. The summed E-state index contributed by atoms with van der Waals surface area (Å²) in [5.41, 5.74) is 0. The SMILES string of the molecule is CC(CN(C)c1cc(NC2CC2)ncn1)C(=O)O. The lowest BCUT2D eigenvalue weighted by Gasteiger charge is -2.20. The van der Waals surface area contributed by atoms with Gasteiger partial charge in [-0.05, 0) is 12.8 Å². The van der Waals surface area contributed by atoms with E-state index in [2.05, 4.69) is 15.3 Å². The highest BCUT2D eigenvalue weighted by Crippen LogP contribution is 2.24. The Morgan fingerprint density at radius 3 is 2.94 bits per heavy atom. The molecule has 1 aromatic rings. The highest BCUT2D eigenvalue weighted by atomic mass is 16.4. The van der Waals surface area contributed by atoms with E-state index in [9.17, 15) is 4.79 Å². The highest BCUT2D eigenvalue weighted by Gasteiger charge is 2.21. The van der Waals surface area contributed by atoms with E-state index < -0.39 is 11.9 Å². The monoisotopic (exact) mass is 250 g/mol. The van der Waals surface area contributed by atoms with Gasteiger partial charge in [0.2, 0.25) is 0 Å². The summed E-state index contributed by atoms with van der Waals surface area (Å²) >= 11 is 0. The average molecular weight is 250 g/mol. The normalized spacial score (nSPS) is 16.1. The van der Waals surface area contributed by atoms with Gasteiger partial charge >= 0.3 is 5.97 Å². The van der Waals surface area contributed by atoms with E-state index >= 15 is 0 Å². The van der Waals surface area contributed by atoms with Crippen molar-refractivity contribution in [1.29, 1.82) is 0 Å². The van der Waals surface area contributed by atoms with Gasteiger partial charge in [0.05, 0.1) is 5.92 Å². The van der Waals surface area contributed by atoms with Gasteiger partial charge in [-0.1, -0.05) is 6.92 Å². The Labute approximate surface area is 106 Å². The molecule has 0 bridgehead atoms. The zero-order valence-electron chi connectivity index (χ0n) is 10.6. The van der Waals surface area contributed by atoms with E-state index in [-0.39, 0.29) is 0 Å². The third-order valence-electron chi connectivity index (χ3n) is 2.94. The number of carbonyl (C=O) groups is 1. The van der Waals surface area contributed by atoms with Gasteiger partial charge in [0, 0.05) is 25.7 Å². The number of anilines is 2. The predicted octanol–water partition coefficient (Wildman–Crippen LogP) is 1.21. The van der Waals surface area contributed by atoms with Gasteiger partial charge in [-0.15, -0.1) is 0 Å². The van der Waals surface area contributed by atoms with E-state index in [1.165, 1.54) is 19.2 Å². The number of hydrogen-bond donors (Lipinski definition) is 2. The minimum absolute atomic E-state index is 0.426. The first-order chi connectivity index (χ1) is 8.56. The molecule has 0 aromatic carbocycles. The predicted molar refractivity (Wildman–Crippen MR) is 68.7 cm³/mol. The van der Waals surface area contributed by atoms with E-state index in [4.69, 9.17) is 5.11 Å². The van der Waals surface area contributed by atoms with Crippen LogP contribution in [-0.2, 0) is 4.79 Å². The number of nitrogens with zero attached hydrogens (tertiary/aromatic N) is 3. The molecule has 0 radical (unpaired) electrons.